The Kier molecular flexibility index (Phi) is 1.68. The zero-order chi connectivity index (χ0) is 10.3. The Morgan fingerprint density at radius 2 is 2.33 bits per heavy atom. The van der Waals surface area contributed by atoms with Crippen LogP contribution >= 0.6 is 0 Å². The molecule has 0 amide bonds. The topological polar surface area (TPSA) is 35.2 Å². The van der Waals surface area contributed by atoms with Gasteiger partial charge in [-0.05, 0) is 24.3 Å². The average molecular weight is 200 g/mol. The number of nitrogens with zero attached hydrogens (tertiary/aromatic N) is 3. The highest BCUT2D eigenvalue weighted by molar-refractivity contribution is 5.81. The van der Waals surface area contributed by atoms with E-state index in [0.717, 1.165) is 17.4 Å². The largest absolute Gasteiger partial charge is 0.296 e. The molecule has 0 unspecified atom stereocenters. The molecule has 1 aromatic heterocycles. The maximum absolute atomic E-state index is 4.02. The SMILES string of the molecule is CN1C=CCN1c1ccc2cn[nH]c2c1. The number of hydrogen-bond donors (Lipinski definition) is 1. The second-order valence-corrected chi connectivity index (χ2v) is 3.68. The van der Waals surface area contributed by atoms with Crippen LogP contribution in [-0.4, -0.2) is 28.8 Å². The van der Waals surface area contributed by atoms with Gasteiger partial charge in [0, 0.05) is 18.6 Å². The predicted molar refractivity (Wildman–Crippen MR) is 60.3 cm³/mol. The third-order valence-corrected chi connectivity index (χ3v) is 2.70. The van der Waals surface area contributed by atoms with E-state index in [-0.39, 0.29) is 0 Å². The Hall–Kier alpha value is -1.97. The number of rotatable bonds is 1. The molecule has 1 aromatic carbocycles. The first-order chi connectivity index (χ1) is 7.34. The lowest BCUT2D eigenvalue weighted by Gasteiger charge is -2.27. The molecule has 0 spiro atoms. The molecule has 1 N–H and O–H groups in total. The van der Waals surface area contributed by atoms with Crippen LogP contribution in [0.25, 0.3) is 10.9 Å². The molecule has 0 fully saturated rings. The van der Waals surface area contributed by atoms with E-state index in [1.165, 1.54) is 5.69 Å². The van der Waals surface area contributed by atoms with E-state index in [1.807, 2.05) is 13.2 Å². The predicted octanol–water partition coefficient (Wildman–Crippen LogP) is 1.74. The van der Waals surface area contributed by atoms with Crippen LogP contribution in [0.2, 0.25) is 0 Å². The molecule has 2 aromatic rings. The summed E-state index contributed by atoms with van der Waals surface area (Å²) < 4.78 is 0. The lowest BCUT2D eigenvalue weighted by Crippen LogP contribution is -2.31. The average Bonchev–Trinajstić information content (AvgIpc) is 2.84. The Bertz CT molecular complexity index is 514. The number of aromatic nitrogens is 2. The van der Waals surface area contributed by atoms with Gasteiger partial charge < -0.3 is 0 Å². The highest BCUT2D eigenvalue weighted by Gasteiger charge is 2.13. The van der Waals surface area contributed by atoms with Gasteiger partial charge in [0.15, 0.2) is 0 Å². The normalized spacial score (nSPS) is 15.5. The minimum absolute atomic E-state index is 0.927. The first-order valence-electron chi connectivity index (χ1n) is 4.95. The Morgan fingerprint density at radius 1 is 1.40 bits per heavy atom. The van der Waals surface area contributed by atoms with Gasteiger partial charge in [0.1, 0.15) is 0 Å². The molecule has 0 radical (unpaired) electrons. The van der Waals surface area contributed by atoms with Crippen molar-refractivity contribution in [3.05, 3.63) is 36.7 Å². The maximum atomic E-state index is 4.02. The highest BCUT2D eigenvalue weighted by atomic mass is 15.6. The van der Waals surface area contributed by atoms with Gasteiger partial charge in [-0.1, -0.05) is 0 Å². The van der Waals surface area contributed by atoms with Gasteiger partial charge in [0.25, 0.3) is 0 Å². The van der Waals surface area contributed by atoms with Crippen molar-refractivity contribution in [1.82, 2.24) is 15.2 Å². The third-order valence-electron chi connectivity index (χ3n) is 2.70. The van der Waals surface area contributed by atoms with E-state index in [9.17, 15) is 0 Å². The summed E-state index contributed by atoms with van der Waals surface area (Å²) in [4.78, 5) is 0. The number of hydrogen-bond acceptors (Lipinski definition) is 3. The summed E-state index contributed by atoms with van der Waals surface area (Å²) in [7, 11) is 2.04. The van der Waals surface area contributed by atoms with Crippen LogP contribution in [0.5, 0.6) is 0 Å². The fourth-order valence-corrected chi connectivity index (χ4v) is 1.88. The number of aromatic amines is 1. The summed E-state index contributed by atoms with van der Waals surface area (Å²) >= 11 is 0. The van der Waals surface area contributed by atoms with Crippen molar-refractivity contribution < 1.29 is 0 Å². The quantitative estimate of drug-likeness (QED) is 0.761. The first kappa shape index (κ1) is 8.35. The van der Waals surface area contributed by atoms with Crippen molar-refractivity contribution in [1.29, 1.82) is 0 Å². The highest BCUT2D eigenvalue weighted by Crippen LogP contribution is 2.23. The van der Waals surface area contributed by atoms with Gasteiger partial charge in [-0.2, -0.15) is 5.10 Å². The minimum Gasteiger partial charge on any atom is -0.296 e. The number of fused-ring (bicyclic) bond motifs is 1. The first-order valence-corrected chi connectivity index (χ1v) is 4.95. The van der Waals surface area contributed by atoms with E-state index in [0.29, 0.717) is 0 Å². The van der Waals surface area contributed by atoms with Crippen LogP contribution in [0.3, 0.4) is 0 Å². The number of benzene rings is 1. The van der Waals surface area contributed by atoms with E-state index >= 15 is 0 Å². The number of nitrogens with one attached hydrogen (secondary N) is 1. The Balaban J connectivity index is 2.04. The molecule has 0 saturated carbocycles. The summed E-state index contributed by atoms with van der Waals surface area (Å²) in [5.41, 5.74) is 2.26. The summed E-state index contributed by atoms with van der Waals surface area (Å²) in [6, 6.07) is 6.31. The molecule has 15 heavy (non-hydrogen) atoms. The van der Waals surface area contributed by atoms with Crippen LogP contribution in [0.1, 0.15) is 0 Å². The molecule has 0 aliphatic carbocycles. The summed E-state index contributed by atoms with van der Waals surface area (Å²) in [6.07, 6.45) is 6.04. The molecular weight excluding hydrogens is 188 g/mol. The van der Waals surface area contributed by atoms with Gasteiger partial charge >= 0.3 is 0 Å². The molecule has 0 bridgehead atoms. The monoisotopic (exact) mass is 200 g/mol. The van der Waals surface area contributed by atoms with E-state index in [2.05, 4.69) is 50.7 Å². The van der Waals surface area contributed by atoms with Crippen molar-refractivity contribution >= 4 is 16.6 Å². The molecule has 3 rings (SSSR count). The van der Waals surface area contributed by atoms with E-state index in [1.54, 1.807) is 0 Å². The molecule has 1 aliphatic rings. The van der Waals surface area contributed by atoms with Crippen LogP contribution in [0.15, 0.2) is 36.7 Å². The van der Waals surface area contributed by atoms with Crippen LogP contribution in [-0.2, 0) is 0 Å². The van der Waals surface area contributed by atoms with Gasteiger partial charge in [-0.15, -0.1) is 0 Å². The lowest BCUT2D eigenvalue weighted by molar-refractivity contribution is 0.455. The number of H-pyrrole nitrogens is 1. The minimum atomic E-state index is 0.927. The van der Waals surface area contributed by atoms with Crippen LogP contribution in [0, 0.1) is 0 Å². The van der Waals surface area contributed by atoms with Crippen LogP contribution in [0.4, 0.5) is 5.69 Å². The van der Waals surface area contributed by atoms with E-state index in [4.69, 9.17) is 0 Å². The fourth-order valence-electron chi connectivity index (χ4n) is 1.88. The zero-order valence-corrected chi connectivity index (χ0v) is 8.51. The Labute approximate surface area is 87.8 Å². The number of hydrazine groups is 1. The number of anilines is 1. The molecule has 4 nitrogen and oxygen atoms in total. The van der Waals surface area contributed by atoms with Gasteiger partial charge in [-0.25, -0.2) is 0 Å². The van der Waals surface area contributed by atoms with E-state index < -0.39 is 0 Å². The standard InChI is InChI=1S/C11H12N4/c1-14-5-2-6-15(14)10-4-3-9-8-12-13-11(9)7-10/h2-5,7-8H,6H2,1H3,(H,12,13). The van der Waals surface area contributed by atoms with Gasteiger partial charge in [-0.3, -0.25) is 15.1 Å². The van der Waals surface area contributed by atoms with Gasteiger partial charge in [0.05, 0.1) is 23.9 Å². The fraction of sp³-hybridized carbons (Fsp3) is 0.182. The second kappa shape index (κ2) is 3.02. The van der Waals surface area contributed by atoms with Crippen molar-refractivity contribution in [2.24, 2.45) is 0 Å². The molecule has 0 atom stereocenters. The summed E-state index contributed by atoms with van der Waals surface area (Å²) in [5.74, 6) is 0. The molecule has 0 saturated heterocycles. The maximum Gasteiger partial charge on any atom is 0.0671 e. The molecular formula is C11H12N4. The second-order valence-electron chi connectivity index (χ2n) is 3.68. The zero-order valence-electron chi connectivity index (χ0n) is 8.51. The molecule has 1 aliphatic heterocycles. The molecule has 2 heterocycles. The van der Waals surface area contributed by atoms with Gasteiger partial charge in [0.2, 0.25) is 0 Å². The van der Waals surface area contributed by atoms with Crippen molar-refractivity contribution in [2.45, 2.75) is 0 Å². The van der Waals surface area contributed by atoms with Crippen molar-refractivity contribution in [2.75, 3.05) is 18.6 Å². The van der Waals surface area contributed by atoms with Crippen LogP contribution < -0.4 is 5.01 Å². The molecule has 76 valence electrons. The summed E-state index contributed by atoms with van der Waals surface area (Å²) in [5, 5.41) is 12.4. The van der Waals surface area contributed by atoms with Crippen molar-refractivity contribution in [3.8, 4) is 0 Å². The Morgan fingerprint density at radius 3 is 3.13 bits per heavy atom. The third kappa shape index (κ3) is 1.26. The molecule has 4 heteroatoms. The van der Waals surface area contributed by atoms with Crippen molar-refractivity contribution in [3.63, 3.8) is 0 Å². The summed E-state index contributed by atoms with van der Waals surface area (Å²) in [6.45, 7) is 0.927. The smallest absolute Gasteiger partial charge is 0.0671 e. The lowest BCUT2D eigenvalue weighted by atomic mass is 10.2.